The molecule has 0 unspecified atom stereocenters. The van der Waals surface area contributed by atoms with Gasteiger partial charge in [-0.3, -0.25) is 9.59 Å². The number of carbonyl (C=O) groups excluding carboxylic acids is 2. The monoisotopic (exact) mass is 575 g/mol. The lowest BCUT2D eigenvalue weighted by atomic mass is 10.1. The number of rotatable bonds is 8. The van der Waals surface area contributed by atoms with Crippen LogP contribution in [-0.4, -0.2) is 72.0 Å². The predicted octanol–water partition coefficient (Wildman–Crippen LogP) is 4.14. The molecular weight excluding hydrogens is 546 g/mol. The van der Waals surface area contributed by atoms with Gasteiger partial charge in [0.05, 0.1) is 6.42 Å². The molecule has 2 saturated heterocycles. The van der Waals surface area contributed by atoms with E-state index in [9.17, 15) is 27.2 Å². The van der Waals surface area contributed by atoms with Crippen molar-refractivity contribution in [2.45, 2.75) is 37.9 Å². The Morgan fingerprint density at radius 3 is 2.39 bits per heavy atom. The summed E-state index contributed by atoms with van der Waals surface area (Å²) in [5, 5.41) is 2.83. The molecule has 2 aromatic heterocycles. The minimum Gasteiger partial charge on any atom is -0.420 e. The minimum absolute atomic E-state index is 0.0119. The van der Waals surface area contributed by atoms with E-state index in [1.165, 1.54) is 12.3 Å². The van der Waals surface area contributed by atoms with Gasteiger partial charge in [-0.15, -0.1) is 0 Å². The standard InChI is InChI=1S/C28H29F4N5O4/c29-21-4-2-1-3-19(21)16-24(39)37-11-9-36(10-12-37)23-6-5-18(17-33-23)15-22(38)25-26(28(30,31)32)35-27(41-25)34-20-7-13-40-14-8-20/h1-6,17,20H,7-16H2,(H,34,35). The van der Waals surface area contributed by atoms with E-state index in [-0.39, 0.29) is 30.8 Å². The van der Waals surface area contributed by atoms with Gasteiger partial charge in [0.15, 0.2) is 5.69 Å². The molecule has 13 heteroatoms. The van der Waals surface area contributed by atoms with Gasteiger partial charge in [0, 0.05) is 58.1 Å². The van der Waals surface area contributed by atoms with Gasteiger partial charge in [-0.05, 0) is 36.1 Å². The number of benzene rings is 1. The molecule has 0 atom stereocenters. The lowest BCUT2D eigenvalue weighted by molar-refractivity contribution is -0.141. The van der Waals surface area contributed by atoms with Crippen LogP contribution in [0.1, 0.15) is 40.2 Å². The molecule has 218 valence electrons. The van der Waals surface area contributed by atoms with Crippen molar-refractivity contribution in [2.24, 2.45) is 0 Å². The van der Waals surface area contributed by atoms with Crippen LogP contribution in [0.25, 0.3) is 0 Å². The number of carbonyl (C=O) groups is 2. The first-order valence-electron chi connectivity index (χ1n) is 13.3. The molecule has 5 rings (SSSR count). The maximum absolute atomic E-state index is 13.9. The average Bonchev–Trinajstić information content (AvgIpc) is 3.40. The summed E-state index contributed by atoms with van der Waals surface area (Å²) in [4.78, 5) is 37.0. The molecule has 0 radical (unpaired) electrons. The number of aromatic nitrogens is 2. The molecule has 0 saturated carbocycles. The average molecular weight is 576 g/mol. The highest BCUT2D eigenvalue weighted by Crippen LogP contribution is 2.34. The molecule has 0 spiro atoms. The fraction of sp³-hybridized carbons (Fsp3) is 0.429. The minimum atomic E-state index is -4.86. The summed E-state index contributed by atoms with van der Waals surface area (Å²) >= 11 is 0. The number of amides is 1. The van der Waals surface area contributed by atoms with E-state index in [0.717, 1.165) is 0 Å². The summed E-state index contributed by atoms with van der Waals surface area (Å²) in [7, 11) is 0. The normalized spacial score (nSPS) is 16.6. The van der Waals surface area contributed by atoms with Crippen LogP contribution < -0.4 is 10.2 Å². The first-order valence-corrected chi connectivity index (χ1v) is 13.3. The third kappa shape index (κ3) is 7.02. The van der Waals surface area contributed by atoms with Gasteiger partial charge in [0.1, 0.15) is 11.6 Å². The summed E-state index contributed by atoms with van der Waals surface area (Å²) in [6.07, 6.45) is -2.60. The molecule has 0 bridgehead atoms. The van der Waals surface area contributed by atoms with Crippen molar-refractivity contribution >= 4 is 23.5 Å². The van der Waals surface area contributed by atoms with Crippen LogP contribution in [0.3, 0.4) is 0 Å². The van der Waals surface area contributed by atoms with Crippen molar-refractivity contribution in [2.75, 3.05) is 49.6 Å². The van der Waals surface area contributed by atoms with Gasteiger partial charge >= 0.3 is 6.18 Å². The number of piperazine rings is 1. The van der Waals surface area contributed by atoms with Crippen LogP contribution in [0.15, 0.2) is 47.0 Å². The Labute approximate surface area is 233 Å². The van der Waals surface area contributed by atoms with Crippen molar-refractivity contribution in [3.8, 4) is 0 Å². The van der Waals surface area contributed by atoms with Crippen molar-refractivity contribution in [1.29, 1.82) is 0 Å². The van der Waals surface area contributed by atoms with Crippen molar-refractivity contribution in [3.63, 3.8) is 0 Å². The molecule has 1 amide bonds. The highest BCUT2D eigenvalue weighted by Gasteiger charge is 2.41. The summed E-state index contributed by atoms with van der Waals surface area (Å²) in [6.45, 7) is 2.83. The lowest BCUT2D eigenvalue weighted by Gasteiger charge is -2.35. The van der Waals surface area contributed by atoms with Gasteiger partial charge in [0.2, 0.25) is 17.5 Å². The van der Waals surface area contributed by atoms with E-state index >= 15 is 0 Å². The highest BCUT2D eigenvalue weighted by atomic mass is 19.4. The van der Waals surface area contributed by atoms with Crippen molar-refractivity contribution in [3.05, 3.63) is 71.0 Å². The second-order valence-corrected chi connectivity index (χ2v) is 9.99. The van der Waals surface area contributed by atoms with Crippen molar-refractivity contribution in [1.82, 2.24) is 14.9 Å². The number of pyridine rings is 1. The number of ether oxygens (including phenoxy) is 1. The Hall–Kier alpha value is -4.00. The number of alkyl halides is 3. The van der Waals surface area contributed by atoms with Crippen LogP contribution >= 0.6 is 0 Å². The topological polar surface area (TPSA) is 101 Å². The molecule has 1 aromatic carbocycles. The molecule has 2 aliphatic heterocycles. The van der Waals surface area contributed by atoms with E-state index < -0.39 is 29.2 Å². The zero-order chi connectivity index (χ0) is 29.0. The number of Topliss-reactive ketones (excluding diaryl/α,β-unsaturated/α-hetero) is 1. The molecule has 2 fully saturated rings. The molecule has 4 heterocycles. The molecular formula is C28H29F4N5O4. The fourth-order valence-electron chi connectivity index (χ4n) is 4.85. The second-order valence-electron chi connectivity index (χ2n) is 9.99. The predicted molar refractivity (Wildman–Crippen MR) is 140 cm³/mol. The number of anilines is 2. The first-order chi connectivity index (χ1) is 19.7. The zero-order valence-corrected chi connectivity index (χ0v) is 22.1. The number of halogens is 4. The molecule has 1 N–H and O–H groups in total. The first kappa shape index (κ1) is 28.5. The Kier molecular flexibility index (Phi) is 8.52. The maximum Gasteiger partial charge on any atom is 0.437 e. The fourth-order valence-corrected chi connectivity index (χ4v) is 4.85. The summed E-state index contributed by atoms with van der Waals surface area (Å²) in [5.74, 6) is -1.66. The van der Waals surface area contributed by atoms with E-state index in [2.05, 4.69) is 15.3 Å². The van der Waals surface area contributed by atoms with Gasteiger partial charge in [-0.1, -0.05) is 24.3 Å². The SMILES string of the molecule is O=C(Cc1ccc(N2CCN(C(=O)Cc3ccccc3F)CC2)nc1)c1oc(NC2CCOCC2)nc1C(F)(F)F. The number of nitrogens with zero attached hydrogens (tertiary/aromatic N) is 4. The van der Waals surface area contributed by atoms with Crippen LogP contribution in [0, 0.1) is 5.82 Å². The molecule has 41 heavy (non-hydrogen) atoms. The quantitative estimate of drug-likeness (QED) is 0.316. The van der Waals surface area contributed by atoms with Gasteiger partial charge < -0.3 is 24.3 Å². The smallest absolute Gasteiger partial charge is 0.420 e. The number of ketones is 1. The van der Waals surface area contributed by atoms with E-state index in [1.54, 1.807) is 35.2 Å². The summed E-state index contributed by atoms with van der Waals surface area (Å²) in [6, 6.07) is 9.00. The Bertz CT molecular complexity index is 1360. The van der Waals surface area contributed by atoms with Crippen molar-refractivity contribution < 1.29 is 36.3 Å². The number of hydrogen-bond donors (Lipinski definition) is 1. The van der Waals surface area contributed by atoms with Crippen LogP contribution in [0.5, 0.6) is 0 Å². The van der Waals surface area contributed by atoms with E-state index in [4.69, 9.17) is 9.15 Å². The number of oxazole rings is 1. The number of nitrogens with one attached hydrogen (secondary N) is 1. The second kappa shape index (κ2) is 12.2. The van der Waals surface area contributed by atoms with E-state index in [0.29, 0.717) is 69.2 Å². The molecule has 0 aliphatic carbocycles. The number of hydrogen-bond acceptors (Lipinski definition) is 8. The van der Waals surface area contributed by atoms with Gasteiger partial charge in [-0.25, -0.2) is 9.37 Å². The van der Waals surface area contributed by atoms with E-state index in [1.807, 2.05) is 4.90 Å². The summed E-state index contributed by atoms with van der Waals surface area (Å²) in [5.41, 5.74) is -0.587. The Morgan fingerprint density at radius 2 is 1.73 bits per heavy atom. The summed E-state index contributed by atoms with van der Waals surface area (Å²) < 4.78 is 65.3. The third-order valence-corrected chi connectivity index (χ3v) is 7.13. The molecule has 3 aromatic rings. The zero-order valence-electron chi connectivity index (χ0n) is 22.1. The molecule has 2 aliphatic rings. The Morgan fingerprint density at radius 1 is 1.00 bits per heavy atom. The Balaban J connectivity index is 1.18. The largest absolute Gasteiger partial charge is 0.437 e. The van der Waals surface area contributed by atoms with Crippen LogP contribution in [0.4, 0.5) is 29.4 Å². The molecule has 9 nitrogen and oxygen atoms in total. The van der Waals surface area contributed by atoms with Crippen LogP contribution in [-0.2, 0) is 28.5 Å². The van der Waals surface area contributed by atoms with Gasteiger partial charge in [0.25, 0.3) is 6.01 Å². The van der Waals surface area contributed by atoms with Crippen LogP contribution in [0.2, 0.25) is 0 Å². The lowest BCUT2D eigenvalue weighted by Crippen LogP contribution is -2.49. The highest BCUT2D eigenvalue weighted by molar-refractivity contribution is 5.96. The third-order valence-electron chi connectivity index (χ3n) is 7.13. The van der Waals surface area contributed by atoms with Gasteiger partial charge in [-0.2, -0.15) is 18.2 Å². The maximum atomic E-state index is 13.9.